The van der Waals surface area contributed by atoms with Gasteiger partial charge in [0.25, 0.3) is 5.91 Å². The van der Waals surface area contributed by atoms with Gasteiger partial charge in [-0.3, -0.25) is 4.79 Å². The van der Waals surface area contributed by atoms with Gasteiger partial charge in [-0.1, -0.05) is 25.1 Å². The minimum Gasteiger partial charge on any atom is -0.477 e. The highest BCUT2D eigenvalue weighted by molar-refractivity contribution is 5.98. The molecule has 2 heterocycles. The molecular formula is C16H18N2O3. The van der Waals surface area contributed by atoms with Crippen LogP contribution in [0.2, 0.25) is 0 Å². The van der Waals surface area contributed by atoms with Gasteiger partial charge in [-0.25, -0.2) is 4.98 Å². The number of aromatic nitrogens is 1. The number of aliphatic hydroxyl groups is 1. The summed E-state index contributed by atoms with van der Waals surface area (Å²) in [7, 11) is 0. The zero-order valence-corrected chi connectivity index (χ0v) is 12.0. The van der Waals surface area contributed by atoms with E-state index in [0.29, 0.717) is 31.3 Å². The van der Waals surface area contributed by atoms with Gasteiger partial charge in [-0.2, -0.15) is 0 Å². The predicted molar refractivity (Wildman–Crippen MR) is 79.4 cm³/mol. The Kier molecular flexibility index (Phi) is 3.75. The molecule has 1 aromatic carbocycles. The van der Waals surface area contributed by atoms with Crippen molar-refractivity contribution < 1.29 is 14.6 Å². The quantitative estimate of drug-likeness (QED) is 0.931. The van der Waals surface area contributed by atoms with Gasteiger partial charge in [0.1, 0.15) is 5.69 Å². The summed E-state index contributed by atoms with van der Waals surface area (Å²) in [5.41, 5.74) is 0.367. The van der Waals surface area contributed by atoms with E-state index in [-0.39, 0.29) is 5.91 Å². The first-order chi connectivity index (χ1) is 10.2. The van der Waals surface area contributed by atoms with Crippen molar-refractivity contribution in [3.8, 4) is 5.88 Å². The second-order valence-corrected chi connectivity index (χ2v) is 5.25. The Balaban J connectivity index is 1.97. The van der Waals surface area contributed by atoms with Crippen LogP contribution in [-0.4, -0.2) is 46.7 Å². The maximum absolute atomic E-state index is 12.3. The molecule has 110 valence electrons. The van der Waals surface area contributed by atoms with Crippen LogP contribution in [0.1, 0.15) is 23.8 Å². The van der Waals surface area contributed by atoms with Crippen LogP contribution in [0.3, 0.4) is 0 Å². The number of carbonyl (C=O) groups excluding carboxylic acids is 1. The van der Waals surface area contributed by atoms with Gasteiger partial charge in [-0.15, -0.1) is 0 Å². The van der Waals surface area contributed by atoms with Gasteiger partial charge < -0.3 is 14.7 Å². The Morgan fingerprint density at radius 3 is 2.90 bits per heavy atom. The molecular weight excluding hydrogens is 268 g/mol. The fourth-order valence-electron chi connectivity index (χ4n) is 2.37. The second kappa shape index (κ2) is 5.69. The van der Waals surface area contributed by atoms with Crippen LogP contribution in [-0.2, 0) is 0 Å². The zero-order valence-electron chi connectivity index (χ0n) is 12.0. The van der Waals surface area contributed by atoms with Crippen molar-refractivity contribution in [2.75, 3.05) is 19.7 Å². The summed E-state index contributed by atoms with van der Waals surface area (Å²) in [6.45, 7) is 3.34. The fourth-order valence-corrected chi connectivity index (χ4v) is 2.37. The summed E-state index contributed by atoms with van der Waals surface area (Å²) in [6, 6.07) is 9.51. The molecule has 0 bridgehead atoms. The number of rotatable bonds is 4. The molecule has 0 spiro atoms. The van der Waals surface area contributed by atoms with Crippen LogP contribution >= 0.6 is 0 Å². The van der Waals surface area contributed by atoms with Crippen LogP contribution in [0.25, 0.3) is 10.8 Å². The van der Waals surface area contributed by atoms with E-state index in [1.54, 1.807) is 11.0 Å². The van der Waals surface area contributed by atoms with Crippen molar-refractivity contribution in [1.82, 2.24) is 9.88 Å². The van der Waals surface area contributed by atoms with Crippen LogP contribution in [0, 0.1) is 0 Å². The number of β-amino-alcohol motifs (C(OH)–C–C–N with tert-alkyl or cyclic N) is 1. The van der Waals surface area contributed by atoms with E-state index in [1.165, 1.54) is 0 Å². The molecule has 0 saturated carbocycles. The van der Waals surface area contributed by atoms with E-state index in [1.807, 2.05) is 31.2 Å². The Labute approximate surface area is 123 Å². The molecule has 3 rings (SSSR count). The molecule has 5 heteroatoms. The molecule has 1 aromatic heterocycles. The number of benzene rings is 1. The average Bonchev–Trinajstić information content (AvgIpc) is 2.48. The lowest BCUT2D eigenvalue weighted by Gasteiger charge is -2.35. The Hall–Kier alpha value is -2.14. The number of nitrogens with zero attached hydrogens (tertiary/aromatic N) is 2. The predicted octanol–water partition coefficient (Wildman–Crippen LogP) is 1.84. The Morgan fingerprint density at radius 2 is 2.19 bits per heavy atom. The summed E-state index contributed by atoms with van der Waals surface area (Å²) < 4.78 is 5.68. The molecule has 21 heavy (non-hydrogen) atoms. The van der Waals surface area contributed by atoms with Crippen molar-refractivity contribution in [3.63, 3.8) is 0 Å². The van der Waals surface area contributed by atoms with E-state index < -0.39 is 6.10 Å². The third-order valence-electron chi connectivity index (χ3n) is 3.52. The average molecular weight is 286 g/mol. The van der Waals surface area contributed by atoms with Crippen LogP contribution < -0.4 is 4.74 Å². The maximum Gasteiger partial charge on any atom is 0.272 e. The SMILES string of the molecule is CCCOc1nc(C(=O)N2CC(O)C2)cc2ccccc12. The lowest BCUT2D eigenvalue weighted by Crippen LogP contribution is -2.53. The molecule has 0 aliphatic carbocycles. The molecule has 2 aromatic rings. The van der Waals surface area contributed by atoms with Crippen molar-refractivity contribution in [1.29, 1.82) is 0 Å². The number of ether oxygens (including phenoxy) is 1. The standard InChI is InChI=1S/C16H18N2O3/c1-2-7-21-15-13-6-4-3-5-11(13)8-14(17-15)16(20)18-9-12(19)10-18/h3-6,8,12,19H,2,7,9-10H2,1H3. The van der Waals surface area contributed by atoms with Crippen molar-refractivity contribution in [2.45, 2.75) is 19.4 Å². The summed E-state index contributed by atoms with van der Waals surface area (Å²) in [5, 5.41) is 11.2. The molecule has 1 N–H and O–H groups in total. The number of fused-ring (bicyclic) bond motifs is 1. The maximum atomic E-state index is 12.3. The number of hydrogen-bond donors (Lipinski definition) is 1. The Morgan fingerprint density at radius 1 is 1.43 bits per heavy atom. The zero-order chi connectivity index (χ0) is 14.8. The summed E-state index contributed by atoms with van der Waals surface area (Å²) in [5.74, 6) is 0.340. The van der Waals surface area contributed by atoms with Gasteiger partial charge in [0.2, 0.25) is 5.88 Å². The lowest BCUT2D eigenvalue weighted by atomic mass is 10.1. The smallest absolute Gasteiger partial charge is 0.272 e. The fraction of sp³-hybridized carbons (Fsp3) is 0.375. The number of likely N-dealkylation sites (tertiary alicyclic amines) is 1. The number of amides is 1. The lowest BCUT2D eigenvalue weighted by molar-refractivity contribution is 0.00547. The van der Waals surface area contributed by atoms with Crippen LogP contribution in [0.4, 0.5) is 0 Å². The van der Waals surface area contributed by atoms with Crippen molar-refractivity contribution in [3.05, 3.63) is 36.0 Å². The van der Waals surface area contributed by atoms with Gasteiger partial charge in [-0.05, 0) is 23.9 Å². The highest BCUT2D eigenvalue weighted by Gasteiger charge is 2.30. The number of carbonyl (C=O) groups is 1. The van der Waals surface area contributed by atoms with Gasteiger partial charge in [0.05, 0.1) is 12.7 Å². The summed E-state index contributed by atoms with van der Waals surface area (Å²) in [4.78, 5) is 18.3. The third-order valence-corrected chi connectivity index (χ3v) is 3.52. The highest BCUT2D eigenvalue weighted by atomic mass is 16.5. The minimum absolute atomic E-state index is 0.160. The summed E-state index contributed by atoms with van der Waals surface area (Å²) >= 11 is 0. The summed E-state index contributed by atoms with van der Waals surface area (Å²) in [6.07, 6.45) is 0.470. The largest absolute Gasteiger partial charge is 0.477 e. The van der Waals surface area contributed by atoms with Crippen molar-refractivity contribution in [2.24, 2.45) is 0 Å². The monoisotopic (exact) mass is 286 g/mol. The van der Waals surface area contributed by atoms with E-state index in [0.717, 1.165) is 17.2 Å². The molecule has 1 fully saturated rings. The first-order valence-corrected chi connectivity index (χ1v) is 7.19. The normalized spacial score (nSPS) is 15.0. The van der Waals surface area contributed by atoms with E-state index in [4.69, 9.17) is 4.74 Å². The first kappa shape index (κ1) is 13.8. The van der Waals surface area contributed by atoms with E-state index >= 15 is 0 Å². The van der Waals surface area contributed by atoms with Crippen molar-refractivity contribution >= 4 is 16.7 Å². The third kappa shape index (κ3) is 2.69. The number of pyridine rings is 1. The number of aliphatic hydroxyl groups excluding tert-OH is 1. The van der Waals surface area contributed by atoms with E-state index in [9.17, 15) is 9.90 Å². The van der Waals surface area contributed by atoms with Gasteiger partial charge >= 0.3 is 0 Å². The molecule has 1 amide bonds. The van der Waals surface area contributed by atoms with Gasteiger partial charge in [0.15, 0.2) is 0 Å². The molecule has 1 aliphatic rings. The van der Waals surface area contributed by atoms with Crippen LogP contribution in [0.15, 0.2) is 30.3 Å². The molecule has 5 nitrogen and oxygen atoms in total. The molecule has 1 saturated heterocycles. The minimum atomic E-state index is -0.412. The second-order valence-electron chi connectivity index (χ2n) is 5.25. The molecule has 0 radical (unpaired) electrons. The highest BCUT2D eigenvalue weighted by Crippen LogP contribution is 2.26. The molecule has 0 atom stereocenters. The Bertz CT molecular complexity index is 666. The molecule has 0 unspecified atom stereocenters. The van der Waals surface area contributed by atoms with Gasteiger partial charge in [0, 0.05) is 18.5 Å². The number of hydrogen-bond acceptors (Lipinski definition) is 4. The molecule has 1 aliphatic heterocycles. The first-order valence-electron chi connectivity index (χ1n) is 7.19. The van der Waals surface area contributed by atoms with Crippen LogP contribution in [0.5, 0.6) is 5.88 Å². The topological polar surface area (TPSA) is 62.7 Å². The van der Waals surface area contributed by atoms with E-state index in [2.05, 4.69) is 4.98 Å².